The van der Waals surface area contributed by atoms with Gasteiger partial charge in [-0.15, -0.1) is 5.10 Å². The van der Waals surface area contributed by atoms with Crippen LogP contribution in [-0.4, -0.2) is 38.9 Å². The van der Waals surface area contributed by atoms with E-state index in [1.807, 2.05) is 27.0 Å². The lowest BCUT2D eigenvalue weighted by atomic mass is 9.97. The van der Waals surface area contributed by atoms with Gasteiger partial charge in [-0.1, -0.05) is 11.3 Å². The molecule has 1 atom stereocenters. The number of nitrogens with one attached hydrogen (secondary N) is 1. The van der Waals surface area contributed by atoms with E-state index in [4.69, 9.17) is 0 Å². The molecule has 0 spiro atoms. The molecule has 2 heterocycles. The number of hydrogen-bond acceptors (Lipinski definition) is 4. The van der Waals surface area contributed by atoms with Gasteiger partial charge < -0.3 is 5.32 Å². The second-order valence-electron chi connectivity index (χ2n) is 6.45. The molecule has 1 aromatic carbocycles. The molecule has 1 saturated heterocycles. The largest absolute Gasteiger partial charge is 0.353 e. The fourth-order valence-electron chi connectivity index (χ4n) is 3.01. The predicted octanol–water partition coefficient (Wildman–Crippen LogP) is 1.98. The lowest BCUT2D eigenvalue weighted by molar-refractivity contribution is -0.129. The second-order valence-corrected chi connectivity index (χ2v) is 6.45. The van der Waals surface area contributed by atoms with Crippen LogP contribution in [0.2, 0.25) is 0 Å². The van der Waals surface area contributed by atoms with Crippen LogP contribution in [0.1, 0.15) is 42.8 Å². The Kier molecular flexibility index (Phi) is 4.62. The zero-order valence-electron chi connectivity index (χ0n) is 14.2. The standard InChI is InChI=1S/C17H22FN5O/c1-11(2)23-10-14(20-21-23)9-22-7-6-19-17(24)16(22)15-5-4-13(18)8-12(15)3/h4-5,8,10-11,16H,6-7,9H2,1-3H3,(H,19,24). The average molecular weight is 331 g/mol. The van der Waals surface area contributed by atoms with Crippen LogP contribution in [0, 0.1) is 12.7 Å². The van der Waals surface area contributed by atoms with Crippen molar-refractivity contribution in [1.29, 1.82) is 0 Å². The maximum Gasteiger partial charge on any atom is 0.242 e. The van der Waals surface area contributed by atoms with Crippen molar-refractivity contribution in [3.63, 3.8) is 0 Å². The van der Waals surface area contributed by atoms with Gasteiger partial charge in [-0.3, -0.25) is 9.69 Å². The lowest BCUT2D eigenvalue weighted by Crippen LogP contribution is -2.49. The Bertz CT molecular complexity index is 742. The number of nitrogens with zero attached hydrogens (tertiary/aromatic N) is 4. The van der Waals surface area contributed by atoms with Gasteiger partial charge in [0, 0.05) is 25.7 Å². The SMILES string of the molecule is Cc1cc(F)ccc1C1C(=O)NCCN1Cc1cn(C(C)C)nn1. The normalized spacial score (nSPS) is 18.9. The second kappa shape index (κ2) is 6.68. The van der Waals surface area contributed by atoms with Gasteiger partial charge in [0.2, 0.25) is 5.91 Å². The van der Waals surface area contributed by atoms with E-state index in [0.717, 1.165) is 16.8 Å². The quantitative estimate of drug-likeness (QED) is 0.930. The van der Waals surface area contributed by atoms with Gasteiger partial charge in [0.15, 0.2) is 0 Å². The predicted molar refractivity (Wildman–Crippen MR) is 87.7 cm³/mol. The molecule has 0 saturated carbocycles. The van der Waals surface area contributed by atoms with Crippen molar-refractivity contribution in [2.45, 2.75) is 39.4 Å². The van der Waals surface area contributed by atoms with Crippen LogP contribution >= 0.6 is 0 Å². The molecule has 1 amide bonds. The molecule has 0 aliphatic carbocycles. The Balaban J connectivity index is 1.87. The van der Waals surface area contributed by atoms with E-state index in [0.29, 0.717) is 19.6 Å². The first-order valence-electron chi connectivity index (χ1n) is 8.14. The van der Waals surface area contributed by atoms with Gasteiger partial charge in [-0.05, 0) is 44.0 Å². The number of halogens is 1. The molecule has 1 fully saturated rings. The lowest BCUT2D eigenvalue weighted by Gasteiger charge is -2.35. The molecular formula is C17H22FN5O. The molecule has 7 heteroatoms. The number of benzene rings is 1. The number of carbonyl (C=O) groups excluding carboxylic acids is 1. The van der Waals surface area contributed by atoms with Gasteiger partial charge in [0.1, 0.15) is 11.9 Å². The minimum absolute atomic E-state index is 0.0628. The zero-order valence-corrected chi connectivity index (χ0v) is 14.2. The van der Waals surface area contributed by atoms with Gasteiger partial charge in [0.05, 0.1) is 11.9 Å². The van der Waals surface area contributed by atoms with Gasteiger partial charge in [0.25, 0.3) is 0 Å². The van der Waals surface area contributed by atoms with Gasteiger partial charge in [-0.25, -0.2) is 9.07 Å². The van der Waals surface area contributed by atoms with Gasteiger partial charge in [-0.2, -0.15) is 0 Å². The number of amides is 1. The Morgan fingerprint density at radius 3 is 2.88 bits per heavy atom. The molecule has 1 aromatic heterocycles. The molecule has 128 valence electrons. The molecule has 1 aliphatic heterocycles. The molecule has 2 aromatic rings. The van der Waals surface area contributed by atoms with Crippen molar-refractivity contribution in [1.82, 2.24) is 25.2 Å². The van der Waals surface area contributed by atoms with E-state index in [1.165, 1.54) is 12.1 Å². The Morgan fingerprint density at radius 1 is 1.42 bits per heavy atom. The third kappa shape index (κ3) is 3.31. The van der Waals surface area contributed by atoms with E-state index in [9.17, 15) is 9.18 Å². The van der Waals surface area contributed by atoms with Crippen LogP contribution in [0.25, 0.3) is 0 Å². The number of aromatic nitrogens is 3. The fourth-order valence-corrected chi connectivity index (χ4v) is 3.01. The highest BCUT2D eigenvalue weighted by Gasteiger charge is 2.32. The van der Waals surface area contributed by atoms with E-state index in [2.05, 4.69) is 20.5 Å². The zero-order chi connectivity index (χ0) is 17.3. The summed E-state index contributed by atoms with van der Waals surface area (Å²) in [4.78, 5) is 14.5. The number of rotatable bonds is 4. The summed E-state index contributed by atoms with van der Waals surface area (Å²) in [6.07, 6.45) is 1.91. The van der Waals surface area contributed by atoms with Crippen molar-refractivity contribution < 1.29 is 9.18 Å². The van der Waals surface area contributed by atoms with Crippen molar-refractivity contribution in [2.75, 3.05) is 13.1 Å². The first-order valence-corrected chi connectivity index (χ1v) is 8.14. The third-order valence-corrected chi connectivity index (χ3v) is 4.29. The summed E-state index contributed by atoms with van der Waals surface area (Å²) in [5, 5.41) is 11.2. The maximum atomic E-state index is 13.4. The summed E-state index contributed by atoms with van der Waals surface area (Å²) < 4.78 is 15.2. The molecule has 24 heavy (non-hydrogen) atoms. The highest BCUT2D eigenvalue weighted by Crippen LogP contribution is 2.27. The number of carbonyl (C=O) groups is 1. The summed E-state index contributed by atoms with van der Waals surface area (Å²) >= 11 is 0. The van der Waals surface area contributed by atoms with Crippen molar-refractivity contribution in [3.05, 3.63) is 47.0 Å². The first kappa shape index (κ1) is 16.6. The van der Waals surface area contributed by atoms with Crippen LogP contribution in [0.4, 0.5) is 4.39 Å². The minimum atomic E-state index is -0.441. The summed E-state index contributed by atoms with van der Waals surface area (Å²) in [6, 6.07) is 4.36. The fraction of sp³-hybridized carbons (Fsp3) is 0.471. The highest BCUT2D eigenvalue weighted by molar-refractivity contribution is 5.84. The van der Waals surface area contributed by atoms with E-state index in [-0.39, 0.29) is 17.8 Å². The Morgan fingerprint density at radius 2 is 2.21 bits per heavy atom. The Hall–Kier alpha value is -2.28. The molecule has 3 rings (SSSR count). The van der Waals surface area contributed by atoms with Crippen LogP contribution < -0.4 is 5.32 Å². The maximum absolute atomic E-state index is 13.4. The minimum Gasteiger partial charge on any atom is -0.353 e. The topological polar surface area (TPSA) is 63.1 Å². The third-order valence-electron chi connectivity index (χ3n) is 4.29. The van der Waals surface area contributed by atoms with Crippen molar-refractivity contribution in [2.24, 2.45) is 0 Å². The Labute approximate surface area is 140 Å². The molecule has 1 N–H and O–H groups in total. The number of piperazine rings is 1. The number of hydrogen-bond donors (Lipinski definition) is 1. The molecular weight excluding hydrogens is 309 g/mol. The van der Waals surface area contributed by atoms with Crippen LogP contribution in [0.3, 0.4) is 0 Å². The highest BCUT2D eigenvalue weighted by atomic mass is 19.1. The summed E-state index contributed by atoms with van der Waals surface area (Å²) in [5.41, 5.74) is 2.42. The van der Waals surface area contributed by atoms with E-state index >= 15 is 0 Å². The average Bonchev–Trinajstić information content (AvgIpc) is 2.98. The van der Waals surface area contributed by atoms with Crippen molar-refractivity contribution in [3.8, 4) is 0 Å². The molecule has 1 aliphatic rings. The van der Waals surface area contributed by atoms with Crippen LogP contribution in [0.15, 0.2) is 24.4 Å². The molecule has 1 unspecified atom stereocenters. The van der Waals surface area contributed by atoms with Crippen LogP contribution in [-0.2, 0) is 11.3 Å². The number of aryl methyl sites for hydroxylation is 1. The van der Waals surface area contributed by atoms with E-state index < -0.39 is 6.04 Å². The first-order chi connectivity index (χ1) is 11.5. The van der Waals surface area contributed by atoms with Gasteiger partial charge >= 0.3 is 0 Å². The van der Waals surface area contributed by atoms with Crippen molar-refractivity contribution >= 4 is 5.91 Å². The smallest absolute Gasteiger partial charge is 0.242 e. The van der Waals surface area contributed by atoms with Crippen LogP contribution in [0.5, 0.6) is 0 Å². The van der Waals surface area contributed by atoms with E-state index in [1.54, 1.807) is 10.7 Å². The summed E-state index contributed by atoms with van der Waals surface area (Å²) in [7, 11) is 0. The molecule has 0 bridgehead atoms. The monoisotopic (exact) mass is 331 g/mol. The molecule has 0 radical (unpaired) electrons. The summed E-state index contributed by atoms with van der Waals surface area (Å²) in [5.74, 6) is -0.355. The summed E-state index contributed by atoms with van der Waals surface area (Å²) in [6.45, 7) is 7.74. The molecule has 6 nitrogen and oxygen atoms in total.